The number of sulfone groups is 1. The quantitative estimate of drug-likeness (QED) is 0.653. The standard InChI is InChI=1S/C11H22N2O3S/c1-17(14,15)7-5-12-4-6-13-8-10-2-3-11(9-13)16-10/h10-12H,2-9H2,1H3. The monoisotopic (exact) mass is 262 g/mol. The van der Waals surface area contributed by atoms with Crippen LogP contribution >= 0.6 is 0 Å². The molecule has 0 aliphatic carbocycles. The van der Waals surface area contributed by atoms with Crippen molar-refractivity contribution in [1.82, 2.24) is 10.2 Å². The summed E-state index contributed by atoms with van der Waals surface area (Å²) in [6, 6.07) is 0. The van der Waals surface area contributed by atoms with Crippen LogP contribution < -0.4 is 5.32 Å². The molecule has 0 aromatic rings. The molecule has 0 aromatic carbocycles. The lowest BCUT2D eigenvalue weighted by molar-refractivity contribution is -0.0376. The van der Waals surface area contributed by atoms with Crippen LogP contribution in [-0.4, -0.2) is 70.3 Å². The Morgan fingerprint density at radius 2 is 1.88 bits per heavy atom. The Hall–Kier alpha value is -0.170. The summed E-state index contributed by atoms with van der Waals surface area (Å²) < 4.78 is 27.6. The maximum absolute atomic E-state index is 10.9. The van der Waals surface area contributed by atoms with Crippen molar-refractivity contribution >= 4 is 9.84 Å². The molecule has 0 saturated carbocycles. The van der Waals surface area contributed by atoms with E-state index in [1.165, 1.54) is 19.1 Å². The number of nitrogens with one attached hydrogen (secondary N) is 1. The molecule has 0 aromatic heterocycles. The van der Waals surface area contributed by atoms with Crippen LogP contribution in [0.5, 0.6) is 0 Å². The highest BCUT2D eigenvalue weighted by Gasteiger charge is 2.33. The number of rotatable bonds is 6. The molecular weight excluding hydrogens is 240 g/mol. The van der Waals surface area contributed by atoms with Crippen molar-refractivity contribution in [1.29, 1.82) is 0 Å². The number of ether oxygens (including phenoxy) is 1. The first-order chi connectivity index (χ1) is 8.03. The summed E-state index contributed by atoms with van der Waals surface area (Å²) in [6.07, 6.45) is 4.54. The number of fused-ring (bicyclic) bond motifs is 2. The minimum absolute atomic E-state index is 0.224. The normalized spacial score (nSPS) is 29.7. The van der Waals surface area contributed by atoms with Gasteiger partial charge in [-0.3, -0.25) is 4.90 Å². The van der Waals surface area contributed by atoms with Gasteiger partial charge in [-0.15, -0.1) is 0 Å². The van der Waals surface area contributed by atoms with E-state index < -0.39 is 9.84 Å². The largest absolute Gasteiger partial charge is 0.372 e. The second-order valence-electron chi connectivity index (χ2n) is 5.10. The lowest BCUT2D eigenvalue weighted by Gasteiger charge is -2.32. The van der Waals surface area contributed by atoms with Gasteiger partial charge < -0.3 is 10.1 Å². The van der Waals surface area contributed by atoms with E-state index in [-0.39, 0.29) is 5.75 Å². The predicted molar refractivity (Wildman–Crippen MR) is 66.9 cm³/mol. The van der Waals surface area contributed by atoms with Crippen molar-refractivity contribution < 1.29 is 13.2 Å². The van der Waals surface area contributed by atoms with Crippen LogP contribution in [0, 0.1) is 0 Å². The fourth-order valence-electron chi connectivity index (χ4n) is 2.50. The topological polar surface area (TPSA) is 58.6 Å². The van der Waals surface area contributed by atoms with Gasteiger partial charge >= 0.3 is 0 Å². The van der Waals surface area contributed by atoms with E-state index in [1.54, 1.807) is 0 Å². The molecular formula is C11H22N2O3S. The molecule has 2 unspecified atom stereocenters. The molecule has 2 aliphatic heterocycles. The Balaban J connectivity index is 1.57. The van der Waals surface area contributed by atoms with E-state index in [1.807, 2.05) is 0 Å². The maximum Gasteiger partial charge on any atom is 0.148 e. The van der Waals surface area contributed by atoms with Gasteiger partial charge in [0.2, 0.25) is 0 Å². The van der Waals surface area contributed by atoms with Crippen molar-refractivity contribution in [2.45, 2.75) is 25.0 Å². The van der Waals surface area contributed by atoms with Crippen molar-refractivity contribution in [3.63, 3.8) is 0 Å². The van der Waals surface area contributed by atoms with Gasteiger partial charge in [-0.25, -0.2) is 8.42 Å². The van der Waals surface area contributed by atoms with E-state index in [9.17, 15) is 8.42 Å². The summed E-state index contributed by atoms with van der Waals surface area (Å²) in [5.41, 5.74) is 0. The van der Waals surface area contributed by atoms with Gasteiger partial charge in [-0.1, -0.05) is 0 Å². The van der Waals surface area contributed by atoms with Crippen molar-refractivity contribution in [3.8, 4) is 0 Å². The van der Waals surface area contributed by atoms with Crippen molar-refractivity contribution in [2.24, 2.45) is 0 Å². The minimum Gasteiger partial charge on any atom is -0.372 e. The molecule has 2 atom stereocenters. The molecule has 0 spiro atoms. The molecule has 6 heteroatoms. The van der Waals surface area contributed by atoms with E-state index >= 15 is 0 Å². The van der Waals surface area contributed by atoms with Crippen LogP contribution in [0.2, 0.25) is 0 Å². The lowest BCUT2D eigenvalue weighted by atomic mass is 10.2. The Bertz CT molecular complexity index is 333. The van der Waals surface area contributed by atoms with E-state index in [4.69, 9.17) is 4.74 Å². The summed E-state index contributed by atoms with van der Waals surface area (Å²) in [4.78, 5) is 2.42. The number of morpholine rings is 1. The highest BCUT2D eigenvalue weighted by Crippen LogP contribution is 2.25. The predicted octanol–water partition coefficient (Wildman–Crippen LogP) is -0.516. The second-order valence-corrected chi connectivity index (χ2v) is 7.36. The van der Waals surface area contributed by atoms with Gasteiger partial charge in [0.25, 0.3) is 0 Å². The summed E-state index contributed by atoms with van der Waals surface area (Å²) in [5.74, 6) is 0.224. The van der Waals surface area contributed by atoms with Crippen LogP contribution in [0.15, 0.2) is 0 Å². The van der Waals surface area contributed by atoms with Gasteiger partial charge in [0.15, 0.2) is 0 Å². The van der Waals surface area contributed by atoms with Gasteiger partial charge in [0, 0.05) is 39.0 Å². The third kappa shape index (κ3) is 4.54. The SMILES string of the molecule is CS(=O)(=O)CCNCCN1CC2CCC(C1)O2. The fourth-order valence-corrected chi connectivity index (χ4v) is 3.02. The van der Waals surface area contributed by atoms with Crippen LogP contribution in [0.4, 0.5) is 0 Å². The Labute approximate surface area is 103 Å². The first kappa shape index (κ1) is 13.3. The lowest BCUT2D eigenvalue weighted by Crippen LogP contribution is -2.45. The van der Waals surface area contributed by atoms with Crippen LogP contribution in [0.1, 0.15) is 12.8 Å². The zero-order valence-electron chi connectivity index (χ0n) is 10.4. The van der Waals surface area contributed by atoms with E-state index in [2.05, 4.69) is 10.2 Å². The highest BCUT2D eigenvalue weighted by molar-refractivity contribution is 7.90. The van der Waals surface area contributed by atoms with E-state index in [0.29, 0.717) is 18.8 Å². The first-order valence-corrected chi connectivity index (χ1v) is 8.35. The molecule has 2 heterocycles. The smallest absolute Gasteiger partial charge is 0.148 e. The maximum atomic E-state index is 10.9. The molecule has 1 N–H and O–H groups in total. The average molecular weight is 262 g/mol. The number of nitrogens with zero attached hydrogens (tertiary/aromatic N) is 1. The Morgan fingerprint density at radius 1 is 1.24 bits per heavy atom. The van der Waals surface area contributed by atoms with Gasteiger partial charge in [0.05, 0.1) is 18.0 Å². The molecule has 2 rings (SSSR count). The fraction of sp³-hybridized carbons (Fsp3) is 1.00. The third-order valence-corrected chi connectivity index (χ3v) is 4.32. The molecule has 17 heavy (non-hydrogen) atoms. The number of likely N-dealkylation sites (tertiary alicyclic amines) is 1. The van der Waals surface area contributed by atoms with Gasteiger partial charge in [-0.05, 0) is 12.8 Å². The third-order valence-electron chi connectivity index (χ3n) is 3.37. The minimum atomic E-state index is -2.83. The van der Waals surface area contributed by atoms with Crippen LogP contribution in [0.25, 0.3) is 0 Å². The first-order valence-electron chi connectivity index (χ1n) is 6.29. The zero-order valence-corrected chi connectivity index (χ0v) is 11.2. The van der Waals surface area contributed by atoms with Crippen molar-refractivity contribution in [2.75, 3.05) is 44.7 Å². The average Bonchev–Trinajstić information content (AvgIpc) is 2.56. The number of hydrogen-bond acceptors (Lipinski definition) is 5. The second kappa shape index (κ2) is 5.65. The van der Waals surface area contributed by atoms with Crippen LogP contribution in [0.3, 0.4) is 0 Å². The Morgan fingerprint density at radius 3 is 2.47 bits per heavy atom. The van der Waals surface area contributed by atoms with Gasteiger partial charge in [-0.2, -0.15) is 0 Å². The molecule has 2 saturated heterocycles. The van der Waals surface area contributed by atoms with Crippen LogP contribution in [-0.2, 0) is 14.6 Å². The summed E-state index contributed by atoms with van der Waals surface area (Å²) in [7, 11) is -2.83. The Kier molecular flexibility index (Phi) is 4.41. The number of hydrogen-bond donors (Lipinski definition) is 1. The van der Waals surface area contributed by atoms with Crippen molar-refractivity contribution in [3.05, 3.63) is 0 Å². The zero-order chi connectivity index (χ0) is 12.3. The van der Waals surface area contributed by atoms with Gasteiger partial charge in [0.1, 0.15) is 9.84 Å². The molecule has 100 valence electrons. The molecule has 0 radical (unpaired) electrons. The molecule has 0 amide bonds. The summed E-state index contributed by atoms with van der Waals surface area (Å²) >= 11 is 0. The summed E-state index contributed by atoms with van der Waals surface area (Å²) in [6.45, 7) is 4.46. The van der Waals surface area contributed by atoms with E-state index in [0.717, 1.165) is 26.2 Å². The molecule has 2 fully saturated rings. The molecule has 2 bridgehead atoms. The summed E-state index contributed by atoms with van der Waals surface area (Å²) in [5, 5.41) is 3.18. The highest BCUT2D eigenvalue weighted by atomic mass is 32.2. The molecule has 2 aliphatic rings. The molecule has 5 nitrogen and oxygen atoms in total.